The fourth-order valence-corrected chi connectivity index (χ4v) is 3.87. The predicted octanol–water partition coefficient (Wildman–Crippen LogP) is 3.83. The number of benzene rings is 3. The first-order valence-electron chi connectivity index (χ1n) is 9.83. The van der Waals surface area contributed by atoms with E-state index in [2.05, 4.69) is 5.32 Å². The van der Waals surface area contributed by atoms with Crippen LogP contribution in [0.2, 0.25) is 0 Å². The lowest BCUT2D eigenvalue weighted by Gasteiger charge is -2.23. The van der Waals surface area contributed by atoms with Gasteiger partial charge < -0.3 is 19.5 Å². The number of urea groups is 1. The van der Waals surface area contributed by atoms with E-state index in [4.69, 9.17) is 14.2 Å². The van der Waals surface area contributed by atoms with Gasteiger partial charge in [0.2, 0.25) is 0 Å². The van der Waals surface area contributed by atoms with Crippen molar-refractivity contribution >= 4 is 22.7 Å². The first kappa shape index (κ1) is 20.5. The van der Waals surface area contributed by atoms with E-state index in [1.54, 1.807) is 46.5 Å². The number of carbonyl (C=O) groups is 2. The van der Waals surface area contributed by atoms with Gasteiger partial charge >= 0.3 is 6.03 Å². The van der Waals surface area contributed by atoms with Crippen LogP contribution in [-0.2, 0) is 16.9 Å². The van der Waals surface area contributed by atoms with Gasteiger partial charge in [-0.3, -0.25) is 9.69 Å². The van der Waals surface area contributed by atoms with Crippen molar-refractivity contribution in [2.45, 2.75) is 19.0 Å². The Bertz CT molecular complexity index is 1180. The van der Waals surface area contributed by atoms with Gasteiger partial charge in [0.25, 0.3) is 5.91 Å². The molecule has 0 bridgehead atoms. The Labute approximate surface area is 180 Å². The van der Waals surface area contributed by atoms with Crippen molar-refractivity contribution < 1.29 is 23.8 Å². The number of nitrogens with zero attached hydrogens (tertiary/aromatic N) is 1. The molecule has 0 aliphatic carbocycles. The second-order valence-corrected chi connectivity index (χ2v) is 7.55. The van der Waals surface area contributed by atoms with Crippen molar-refractivity contribution in [3.8, 4) is 17.2 Å². The summed E-state index contributed by atoms with van der Waals surface area (Å²) in [4.78, 5) is 27.4. The second kappa shape index (κ2) is 7.83. The zero-order valence-electron chi connectivity index (χ0n) is 17.9. The third-order valence-corrected chi connectivity index (χ3v) is 5.72. The number of hydrogen-bond donors (Lipinski definition) is 1. The fourth-order valence-electron chi connectivity index (χ4n) is 3.87. The molecule has 160 valence electrons. The molecule has 1 aliphatic rings. The normalized spacial score (nSPS) is 18.3. The number of carbonyl (C=O) groups excluding carboxylic acids is 2. The minimum atomic E-state index is -1.17. The third kappa shape index (κ3) is 3.52. The SMILES string of the molecule is COc1ccc(OC)c(CN2C(=O)N[C@@](C)(c3ccc4cc(OC)ccc4c3)C2=O)c1. The van der Waals surface area contributed by atoms with Crippen molar-refractivity contribution in [1.29, 1.82) is 0 Å². The number of ether oxygens (including phenoxy) is 3. The Kier molecular flexibility index (Phi) is 5.19. The van der Waals surface area contributed by atoms with Crippen LogP contribution in [0.1, 0.15) is 18.1 Å². The molecule has 0 radical (unpaired) electrons. The molecule has 31 heavy (non-hydrogen) atoms. The average molecular weight is 420 g/mol. The summed E-state index contributed by atoms with van der Waals surface area (Å²) in [6.45, 7) is 1.80. The number of amides is 3. The molecular weight excluding hydrogens is 396 g/mol. The van der Waals surface area contributed by atoms with Crippen LogP contribution in [0, 0.1) is 0 Å². The molecule has 3 aromatic carbocycles. The monoisotopic (exact) mass is 420 g/mol. The van der Waals surface area contributed by atoms with Crippen LogP contribution in [0.5, 0.6) is 17.2 Å². The topological polar surface area (TPSA) is 77.1 Å². The van der Waals surface area contributed by atoms with Crippen LogP contribution < -0.4 is 19.5 Å². The number of rotatable bonds is 6. The number of fused-ring (bicyclic) bond motifs is 1. The van der Waals surface area contributed by atoms with E-state index in [9.17, 15) is 9.59 Å². The fraction of sp³-hybridized carbons (Fsp3) is 0.250. The van der Waals surface area contributed by atoms with Gasteiger partial charge in [0.15, 0.2) is 0 Å². The minimum Gasteiger partial charge on any atom is -0.497 e. The minimum absolute atomic E-state index is 0.0748. The van der Waals surface area contributed by atoms with Crippen LogP contribution in [0.25, 0.3) is 10.8 Å². The highest BCUT2D eigenvalue weighted by Gasteiger charge is 2.49. The summed E-state index contributed by atoms with van der Waals surface area (Å²) >= 11 is 0. The van der Waals surface area contributed by atoms with Crippen molar-refractivity contribution in [1.82, 2.24) is 10.2 Å². The maximum atomic E-state index is 13.4. The predicted molar refractivity (Wildman–Crippen MR) is 116 cm³/mol. The molecular formula is C24H24N2O5. The van der Waals surface area contributed by atoms with Gasteiger partial charge in [0, 0.05) is 5.56 Å². The summed E-state index contributed by atoms with van der Waals surface area (Å²) < 4.78 is 15.9. The van der Waals surface area contributed by atoms with Gasteiger partial charge in [0.1, 0.15) is 22.8 Å². The van der Waals surface area contributed by atoms with Crippen LogP contribution in [-0.4, -0.2) is 38.2 Å². The molecule has 0 unspecified atom stereocenters. The van der Waals surface area contributed by atoms with E-state index in [1.807, 2.05) is 36.4 Å². The smallest absolute Gasteiger partial charge is 0.325 e. The zero-order chi connectivity index (χ0) is 22.2. The van der Waals surface area contributed by atoms with E-state index in [0.717, 1.165) is 16.5 Å². The average Bonchev–Trinajstić information content (AvgIpc) is 3.02. The maximum absolute atomic E-state index is 13.4. The first-order valence-corrected chi connectivity index (χ1v) is 9.83. The summed E-state index contributed by atoms with van der Waals surface area (Å²) in [5, 5.41) is 4.80. The Morgan fingerprint density at radius 3 is 2.19 bits per heavy atom. The highest BCUT2D eigenvalue weighted by molar-refractivity contribution is 6.07. The Morgan fingerprint density at radius 2 is 1.48 bits per heavy atom. The molecule has 3 aromatic rings. The van der Waals surface area contributed by atoms with E-state index in [1.165, 1.54) is 4.90 Å². The van der Waals surface area contributed by atoms with E-state index < -0.39 is 11.6 Å². The molecule has 0 aromatic heterocycles. The Morgan fingerprint density at radius 1 is 0.839 bits per heavy atom. The molecule has 1 fully saturated rings. The largest absolute Gasteiger partial charge is 0.497 e. The molecule has 7 heteroatoms. The van der Waals surface area contributed by atoms with Crippen molar-refractivity contribution in [3.05, 3.63) is 65.7 Å². The summed E-state index contributed by atoms with van der Waals surface area (Å²) in [7, 11) is 4.73. The third-order valence-electron chi connectivity index (χ3n) is 5.72. The molecule has 1 atom stereocenters. The van der Waals surface area contributed by atoms with Gasteiger partial charge in [0.05, 0.1) is 27.9 Å². The van der Waals surface area contributed by atoms with Crippen molar-refractivity contribution in [2.24, 2.45) is 0 Å². The standard InChI is InChI=1S/C24H24N2O5/c1-24(18-7-5-16-12-19(29-2)8-6-15(16)11-18)22(27)26(23(28)25-24)14-17-13-20(30-3)9-10-21(17)31-4/h5-13H,14H2,1-4H3,(H,25,28)/t24-/m0/s1. The quantitative estimate of drug-likeness (QED) is 0.614. The molecule has 0 saturated carbocycles. The Balaban J connectivity index is 1.67. The molecule has 0 spiro atoms. The summed E-state index contributed by atoms with van der Waals surface area (Å²) in [5.41, 5.74) is 0.223. The van der Waals surface area contributed by atoms with E-state index in [-0.39, 0.29) is 12.5 Å². The van der Waals surface area contributed by atoms with Crippen LogP contribution in [0.4, 0.5) is 4.79 Å². The van der Waals surface area contributed by atoms with Gasteiger partial charge in [-0.25, -0.2) is 4.79 Å². The summed E-state index contributed by atoms with van der Waals surface area (Å²) in [5.74, 6) is 1.63. The van der Waals surface area contributed by atoms with Gasteiger partial charge in [-0.1, -0.05) is 18.2 Å². The molecule has 1 N–H and O–H groups in total. The lowest BCUT2D eigenvalue weighted by molar-refractivity contribution is -0.131. The van der Waals surface area contributed by atoms with Crippen LogP contribution in [0.3, 0.4) is 0 Å². The molecule has 4 rings (SSSR count). The van der Waals surface area contributed by atoms with Gasteiger partial charge in [-0.05, 0) is 59.7 Å². The van der Waals surface area contributed by atoms with Gasteiger partial charge in [-0.15, -0.1) is 0 Å². The van der Waals surface area contributed by atoms with Crippen molar-refractivity contribution in [3.63, 3.8) is 0 Å². The lowest BCUT2D eigenvalue weighted by atomic mass is 9.90. The zero-order valence-corrected chi connectivity index (χ0v) is 17.9. The first-order chi connectivity index (χ1) is 14.9. The molecule has 7 nitrogen and oxygen atoms in total. The van der Waals surface area contributed by atoms with Crippen LogP contribution >= 0.6 is 0 Å². The van der Waals surface area contributed by atoms with Gasteiger partial charge in [-0.2, -0.15) is 0 Å². The highest BCUT2D eigenvalue weighted by atomic mass is 16.5. The van der Waals surface area contributed by atoms with Crippen LogP contribution in [0.15, 0.2) is 54.6 Å². The van der Waals surface area contributed by atoms with E-state index >= 15 is 0 Å². The summed E-state index contributed by atoms with van der Waals surface area (Å²) in [6.07, 6.45) is 0. The maximum Gasteiger partial charge on any atom is 0.325 e. The Hall–Kier alpha value is -3.74. The number of imide groups is 1. The molecule has 1 heterocycles. The lowest BCUT2D eigenvalue weighted by Crippen LogP contribution is -2.40. The van der Waals surface area contributed by atoms with Crippen molar-refractivity contribution in [2.75, 3.05) is 21.3 Å². The summed E-state index contributed by atoms with van der Waals surface area (Å²) in [6, 6.07) is 16.3. The second-order valence-electron chi connectivity index (χ2n) is 7.55. The molecule has 3 amide bonds. The number of methoxy groups -OCH3 is 3. The molecule has 1 saturated heterocycles. The number of hydrogen-bond acceptors (Lipinski definition) is 5. The van der Waals surface area contributed by atoms with E-state index in [0.29, 0.717) is 22.6 Å². The number of nitrogens with one attached hydrogen (secondary N) is 1. The molecule has 1 aliphatic heterocycles. The highest BCUT2D eigenvalue weighted by Crippen LogP contribution is 2.34.